The number of nitrogen functional groups attached to an aromatic ring is 1. The SMILES string of the molecule is N#Cc1cccc(N(Cc2cccc(N)c2)C2CC2)n1. The molecule has 0 bridgehead atoms. The molecule has 1 aromatic heterocycles. The van der Waals surface area contributed by atoms with Crippen molar-refractivity contribution in [2.75, 3.05) is 10.6 Å². The van der Waals surface area contributed by atoms with Crippen LogP contribution in [0.25, 0.3) is 0 Å². The maximum atomic E-state index is 8.98. The van der Waals surface area contributed by atoms with Crippen LogP contribution in [0.1, 0.15) is 24.1 Å². The topological polar surface area (TPSA) is 65.9 Å². The zero-order valence-corrected chi connectivity index (χ0v) is 11.2. The summed E-state index contributed by atoms with van der Waals surface area (Å²) < 4.78 is 0. The van der Waals surface area contributed by atoms with Crippen molar-refractivity contribution < 1.29 is 0 Å². The average molecular weight is 264 g/mol. The minimum atomic E-state index is 0.459. The van der Waals surface area contributed by atoms with Crippen LogP contribution in [0.2, 0.25) is 0 Å². The van der Waals surface area contributed by atoms with E-state index in [1.807, 2.05) is 30.3 Å². The van der Waals surface area contributed by atoms with Gasteiger partial charge in [0.1, 0.15) is 17.6 Å². The Balaban J connectivity index is 1.87. The molecule has 0 radical (unpaired) electrons. The molecular formula is C16H16N4. The van der Waals surface area contributed by atoms with E-state index in [9.17, 15) is 0 Å². The Kier molecular flexibility index (Phi) is 3.26. The molecule has 4 heteroatoms. The second-order valence-electron chi connectivity index (χ2n) is 5.10. The summed E-state index contributed by atoms with van der Waals surface area (Å²) in [5.74, 6) is 0.869. The molecule has 4 nitrogen and oxygen atoms in total. The van der Waals surface area contributed by atoms with Crippen LogP contribution in [-0.4, -0.2) is 11.0 Å². The minimum absolute atomic E-state index is 0.459. The first-order valence-electron chi connectivity index (χ1n) is 6.74. The van der Waals surface area contributed by atoms with Crippen molar-refractivity contribution in [2.24, 2.45) is 0 Å². The van der Waals surface area contributed by atoms with E-state index in [2.05, 4.69) is 22.0 Å². The fourth-order valence-corrected chi connectivity index (χ4v) is 2.32. The van der Waals surface area contributed by atoms with Gasteiger partial charge in [0.2, 0.25) is 0 Å². The minimum Gasteiger partial charge on any atom is -0.399 e. The van der Waals surface area contributed by atoms with E-state index in [1.165, 1.54) is 18.4 Å². The largest absolute Gasteiger partial charge is 0.399 e. The van der Waals surface area contributed by atoms with Crippen molar-refractivity contribution >= 4 is 11.5 Å². The summed E-state index contributed by atoms with van der Waals surface area (Å²) in [5, 5.41) is 8.98. The molecule has 0 unspecified atom stereocenters. The predicted molar refractivity (Wildman–Crippen MR) is 79.0 cm³/mol. The number of nitrogens with zero attached hydrogens (tertiary/aromatic N) is 3. The molecule has 1 saturated carbocycles. The molecule has 1 aliphatic carbocycles. The van der Waals surface area contributed by atoms with Crippen molar-refractivity contribution in [2.45, 2.75) is 25.4 Å². The molecule has 2 N–H and O–H groups in total. The summed E-state index contributed by atoms with van der Waals surface area (Å²) in [6.45, 7) is 0.775. The Morgan fingerprint density at radius 2 is 2.05 bits per heavy atom. The summed E-state index contributed by atoms with van der Waals surface area (Å²) in [5.41, 5.74) is 8.23. The second kappa shape index (κ2) is 5.22. The monoisotopic (exact) mass is 264 g/mol. The lowest BCUT2D eigenvalue weighted by molar-refractivity contribution is 0.777. The summed E-state index contributed by atoms with van der Waals surface area (Å²) in [4.78, 5) is 6.66. The second-order valence-corrected chi connectivity index (χ2v) is 5.10. The molecule has 0 amide bonds. The van der Waals surface area contributed by atoms with Gasteiger partial charge < -0.3 is 10.6 Å². The first-order valence-corrected chi connectivity index (χ1v) is 6.74. The molecular weight excluding hydrogens is 248 g/mol. The molecule has 0 atom stereocenters. The normalized spacial score (nSPS) is 13.8. The zero-order chi connectivity index (χ0) is 13.9. The maximum Gasteiger partial charge on any atom is 0.142 e. The molecule has 0 spiro atoms. The standard InChI is InChI=1S/C16H16N4/c17-10-14-5-2-6-16(19-14)20(15-7-8-15)11-12-3-1-4-13(18)9-12/h1-6,9,15H,7-8,11,18H2. The van der Waals surface area contributed by atoms with Crippen molar-refractivity contribution in [3.63, 3.8) is 0 Å². The number of rotatable bonds is 4. The van der Waals surface area contributed by atoms with Gasteiger partial charge in [0.05, 0.1) is 0 Å². The lowest BCUT2D eigenvalue weighted by Gasteiger charge is -2.23. The number of pyridine rings is 1. The van der Waals surface area contributed by atoms with Crippen molar-refractivity contribution in [1.29, 1.82) is 5.26 Å². The van der Waals surface area contributed by atoms with Gasteiger partial charge in [-0.1, -0.05) is 18.2 Å². The smallest absolute Gasteiger partial charge is 0.142 e. The van der Waals surface area contributed by atoms with Crippen molar-refractivity contribution in [1.82, 2.24) is 4.98 Å². The van der Waals surface area contributed by atoms with E-state index in [4.69, 9.17) is 11.0 Å². The van der Waals surface area contributed by atoms with Crippen LogP contribution in [0.4, 0.5) is 11.5 Å². The van der Waals surface area contributed by atoms with E-state index in [-0.39, 0.29) is 0 Å². The molecule has 1 aromatic carbocycles. The summed E-state index contributed by atoms with van der Waals surface area (Å²) in [7, 11) is 0. The number of nitriles is 1. The molecule has 2 aromatic rings. The van der Waals surface area contributed by atoms with E-state index in [0.717, 1.165) is 18.1 Å². The Morgan fingerprint density at radius 1 is 1.25 bits per heavy atom. The maximum absolute atomic E-state index is 8.98. The highest BCUT2D eigenvalue weighted by molar-refractivity contribution is 5.47. The van der Waals surface area contributed by atoms with Crippen LogP contribution >= 0.6 is 0 Å². The molecule has 1 fully saturated rings. The van der Waals surface area contributed by atoms with Crippen molar-refractivity contribution in [3.8, 4) is 6.07 Å². The van der Waals surface area contributed by atoms with Gasteiger partial charge in [-0.2, -0.15) is 5.26 Å². The Bertz CT molecular complexity index is 656. The number of nitrogens with two attached hydrogens (primary N) is 1. The molecule has 100 valence electrons. The summed E-state index contributed by atoms with van der Waals surface area (Å²) in [6, 6.07) is 16.1. The number of anilines is 2. The highest BCUT2D eigenvalue weighted by Gasteiger charge is 2.30. The first kappa shape index (κ1) is 12.5. The molecule has 3 rings (SSSR count). The number of hydrogen-bond donors (Lipinski definition) is 1. The van der Waals surface area contributed by atoms with Crippen LogP contribution in [0, 0.1) is 11.3 Å². The van der Waals surface area contributed by atoms with Crippen LogP contribution in [0.15, 0.2) is 42.5 Å². The number of hydrogen-bond acceptors (Lipinski definition) is 4. The van der Waals surface area contributed by atoms with Gasteiger partial charge >= 0.3 is 0 Å². The fraction of sp³-hybridized carbons (Fsp3) is 0.250. The Labute approximate surface area is 118 Å². The molecule has 0 saturated heterocycles. The predicted octanol–water partition coefficient (Wildman–Crippen LogP) is 2.70. The average Bonchev–Trinajstić information content (AvgIpc) is 3.29. The quantitative estimate of drug-likeness (QED) is 0.862. The number of aromatic nitrogens is 1. The third kappa shape index (κ3) is 2.72. The van der Waals surface area contributed by atoms with Gasteiger partial charge in [-0.25, -0.2) is 4.98 Å². The van der Waals surface area contributed by atoms with Crippen LogP contribution < -0.4 is 10.6 Å². The lowest BCUT2D eigenvalue weighted by atomic mass is 10.2. The third-order valence-electron chi connectivity index (χ3n) is 3.43. The van der Waals surface area contributed by atoms with Gasteiger partial charge in [-0.05, 0) is 42.7 Å². The highest BCUT2D eigenvalue weighted by atomic mass is 15.2. The molecule has 1 aliphatic rings. The zero-order valence-electron chi connectivity index (χ0n) is 11.2. The molecule has 1 heterocycles. The Morgan fingerprint density at radius 3 is 2.75 bits per heavy atom. The van der Waals surface area contributed by atoms with E-state index in [0.29, 0.717) is 11.7 Å². The Hall–Kier alpha value is -2.54. The van der Waals surface area contributed by atoms with E-state index < -0.39 is 0 Å². The van der Waals surface area contributed by atoms with Crippen LogP contribution in [-0.2, 0) is 6.54 Å². The van der Waals surface area contributed by atoms with Crippen molar-refractivity contribution in [3.05, 3.63) is 53.7 Å². The van der Waals surface area contributed by atoms with Gasteiger partial charge in [0.15, 0.2) is 0 Å². The lowest BCUT2D eigenvalue weighted by Crippen LogP contribution is -2.26. The van der Waals surface area contributed by atoms with Crippen LogP contribution in [0.5, 0.6) is 0 Å². The third-order valence-corrected chi connectivity index (χ3v) is 3.43. The van der Waals surface area contributed by atoms with E-state index >= 15 is 0 Å². The van der Waals surface area contributed by atoms with Gasteiger partial charge in [-0.3, -0.25) is 0 Å². The highest BCUT2D eigenvalue weighted by Crippen LogP contribution is 2.32. The fourth-order valence-electron chi connectivity index (χ4n) is 2.32. The molecule has 20 heavy (non-hydrogen) atoms. The van der Waals surface area contributed by atoms with E-state index in [1.54, 1.807) is 6.07 Å². The van der Waals surface area contributed by atoms with Crippen LogP contribution in [0.3, 0.4) is 0 Å². The van der Waals surface area contributed by atoms with Gasteiger partial charge in [0.25, 0.3) is 0 Å². The number of benzene rings is 1. The first-order chi connectivity index (χ1) is 9.76. The summed E-state index contributed by atoms with van der Waals surface area (Å²) in [6.07, 6.45) is 2.36. The van der Waals surface area contributed by atoms with Gasteiger partial charge in [0, 0.05) is 18.3 Å². The summed E-state index contributed by atoms with van der Waals surface area (Å²) >= 11 is 0. The molecule has 0 aliphatic heterocycles. The van der Waals surface area contributed by atoms with Gasteiger partial charge in [-0.15, -0.1) is 0 Å².